The van der Waals surface area contributed by atoms with Crippen LogP contribution in [0.5, 0.6) is 23.0 Å². The third kappa shape index (κ3) is 2.74. The molecule has 3 aromatic rings. The highest BCUT2D eigenvalue weighted by Crippen LogP contribution is 2.37. The highest BCUT2D eigenvalue weighted by molar-refractivity contribution is 7.98. The summed E-state index contributed by atoms with van der Waals surface area (Å²) in [7, 11) is 0. The average molecular weight is 356 g/mol. The maximum atomic E-state index is 5.73. The lowest BCUT2D eigenvalue weighted by atomic mass is 10.2. The Morgan fingerprint density at radius 1 is 0.800 bits per heavy atom. The van der Waals surface area contributed by atoms with Gasteiger partial charge in [0, 0.05) is 11.3 Å². The standard InChI is InChI=1S/C17H12N2O5S/c1-3-12-14(22-8-20-12)5-10(1)7-25-17-19-18-16(24-17)11-2-4-13-15(6-11)23-9-21-13/h1-6H,7-9H2. The normalized spacial score (nSPS) is 14.1. The zero-order valence-corrected chi connectivity index (χ0v) is 13.7. The number of ether oxygens (including phenoxy) is 4. The van der Waals surface area contributed by atoms with Gasteiger partial charge in [-0.1, -0.05) is 17.8 Å². The number of rotatable bonds is 4. The highest BCUT2D eigenvalue weighted by atomic mass is 32.2. The predicted octanol–water partition coefficient (Wildman–Crippen LogP) is 3.49. The van der Waals surface area contributed by atoms with Gasteiger partial charge >= 0.3 is 0 Å². The number of aromatic nitrogens is 2. The van der Waals surface area contributed by atoms with Crippen LogP contribution < -0.4 is 18.9 Å². The van der Waals surface area contributed by atoms with Crippen molar-refractivity contribution in [2.24, 2.45) is 0 Å². The Hall–Kier alpha value is -2.87. The van der Waals surface area contributed by atoms with Crippen LogP contribution in [-0.2, 0) is 5.75 Å². The SMILES string of the molecule is c1cc2c(cc1CSc1nnc(-c3ccc4c(c3)OCO4)o1)OCO2. The van der Waals surface area contributed by atoms with Crippen molar-refractivity contribution in [2.45, 2.75) is 11.0 Å². The van der Waals surface area contributed by atoms with E-state index in [-0.39, 0.29) is 13.6 Å². The molecule has 0 N–H and O–H groups in total. The molecule has 0 spiro atoms. The predicted molar refractivity (Wildman–Crippen MR) is 88.0 cm³/mol. The van der Waals surface area contributed by atoms with Crippen molar-refractivity contribution in [1.29, 1.82) is 0 Å². The van der Waals surface area contributed by atoms with Gasteiger partial charge in [0.1, 0.15) is 0 Å². The Morgan fingerprint density at radius 3 is 2.36 bits per heavy atom. The molecular formula is C17H12N2O5S. The van der Waals surface area contributed by atoms with E-state index in [0.29, 0.717) is 22.6 Å². The van der Waals surface area contributed by atoms with Crippen LogP contribution >= 0.6 is 11.8 Å². The Labute approximate surface area is 146 Å². The molecule has 25 heavy (non-hydrogen) atoms. The first kappa shape index (κ1) is 14.5. The van der Waals surface area contributed by atoms with Crippen molar-refractivity contribution in [3.05, 3.63) is 42.0 Å². The second kappa shape index (κ2) is 5.89. The average Bonchev–Trinajstić information content (AvgIpc) is 3.38. The molecule has 5 rings (SSSR count). The van der Waals surface area contributed by atoms with E-state index in [1.54, 1.807) is 0 Å². The topological polar surface area (TPSA) is 75.8 Å². The van der Waals surface area contributed by atoms with E-state index in [4.69, 9.17) is 23.4 Å². The van der Waals surface area contributed by atoms with E-state index in [9.17, 15) is 0 Å². The van der Waals surface area contributed by atoms with Crippen LogP contribution in [-0.4, -0.2) is 23.8 Å². The van der Waals surface area contributed by atoms with Crippen molar-refractivity contribution in [3.8, 4) is 34.5 Å². The molecule has 8 heteroatoms. The maximum absolute atomic E-state index is 5.73. The zero-order valence-electron chi connectivity index (χ0n) is 12.9. The Balaban J connectivity index is 1.30. The molecule has 0 bridgehead atoms. The summed E-state index contributed by atoms with van der Waals surface area (Å²) in [4.78, 5) is 0. The van der Waals surface area contributed by atoms with Gasteiger partial charge in [-0.25, -0.2) is 0 Å². The largest absolute Gasteiger partial charge is 0.454 e. The van der Waals surface area contributed by atoms with Crippen molar-refractivity contribution >= 4 is 11.8 Å². The van der Waals surface area contributed by atoms with E-state index in [1.807, 2.05) is 36.4 Å². The molecule has 3 heterocycles. The minimum Gasteiger partial charge on any atom is -0.454 e. The molecule has 1 aromatic heterocycles. The quantitative estimate of drug-likeness (QED) is 0.658. The Kier molecular flexibility index (Phi) is 3.41. The summed E-state index contributed by atoms with van der Waals surface area (Å²) in [6.45, 7) is 0.508. The van der Waals surface area contributed by atoms with Gasteiger partial charge in [-0.2, -0.15) is 0 Å². The molecule has 0 aliphatic carbocycles. The molecule has 0 fully saturated rings. The fraction of sp³-hybridized carbons (Fsp3) is 0.176. The molecule has 0 atom stereocenters. The number of hydrogen-bond acceptors (Lipinski definition) is 8. The van der Waals surface area contributed by atoms with Gasteiger partial charge in [0.05, 0.1) is 0 Å². The highest BCUT2D eigenvalue weighted by Gasteiger charge is 2.17. The van der Waals surface area contributed by atoms with Gasteiger partial charge in [0.25, 0.3) is 5.22 Å². The third-order valence-electron chi connectivity index (χ3n) is 3.83. The van der Waals surface area contributed by atoms with Gasteiger partial charge in [0.15, 0.2) is 23.0 Å². The number of fused-ring (bicyclic) bond motifs is 2. The van der Waals surface area contributed by atoms with Crippen LogP contribution in [0.2, 0.25) is 0 Å². The fourth-order valence-corrected chi connectivity index (χ4v) is 3.30. The van der Waals surface area contributed by atoms with Crippen LogP contribution in [0.25, 0.3) is 11.5 Å². The lowest BCUT2D eigenvalue weighted by Gasteiger charge is -2.01. The van der Waals surface area contributed by atoms with Gasteiger partial charge in [0.2, 0.25) is 19.5 Å². The van der Waals surface area contributed by atoms with E-state index in [1.165, 1.54) is 11.8 Å². The summed E-state index contributed by atoms with van der Waals surface area (Å²) >= 11 is 1.47. The van der Waals surface area contributed by atoms with Crippen molar-refractivity contribution in [2.75, 3.05) is 13.6 Å². The number of benzene rings is 2. The van der Waals surface area contributed by atoms with E-state index < -0.39 is 0 Å². The molecular weight excluding hydrogens is 344 g/mol. The summed E-state index contributed by atoms with van der Waals surface area (Å²) in [5.41, 5.74) is 1.89. The molecule has 126 valence electrons. The summed E-state index contributed by atoms with van der Waals surface area (Å²) in [5, 5.41) is 8.70. The van der Waals surface area contributed by atoms with E-state index in [2.05, 4.69) is 10.2 Å². The smallest absolute Gasteiger partial charge is 0.277 e. The van der Waals surface area contributed by atoms with Gasteiger partial charge in [-0.3, -0.25) is 0 Å². The van der Waals surface area contributed by atoms with Crippen LogP contribution in [0.4, 0.5) is 0 Å². The van der Waals surface area contributed by atoms with Gasteiger partial charge in [-0.05, 0) is 35.9 Å². The van der Waals surface area contributed by atoms with Crippen molar-refractivity contribution < 1.29 is 23.4 Å². The monoisotopic (exact) mass is 356 g/mol. The lowest BCUT2D eigenvalue weighted by Crippen LogP contribution is -1.92. The second-order valence-corrected chi connectivity index (χ2v) is 6.34. The maximum Gasteiger partial charge on any atom is 0.277 e. The molecule has 0 unspecified atom stereocenters. The Morgan fingerprint density at radius 2 is 1.52 bits per heavy atom. The molecule has 0 saturated carbocycles. The first-order chi connectivity index (χ1) is 12.3. The molecule has 2 aromatic carbocycles. The first-order valence-electron chi connectivity index (χ1n) is 7.60. The fourth-order valence-electron chi connectivity index (χ4n) is 2.59. The molecule has 7 nitrogen and oxygen atoms in total. The van der Waals surface area contributed by atoms with Crippen LogP contribution in [0.3, 0.4) is 0 Å². The Bertz CT molecular complexity index is 943. The summed E-state index contributed by atoms with van der Waals surface area (Å²) < 4.78 is 27.1. The second-order valence-electron chi connectivity index (χ2n) is 5.42. The minimum atomic E-state index is 0.235. The molecule has 0 radical (unpaired) electrons. The van der Waals surface area contributed by atoms with E-state index in [0.717, 1.165) is 28.4 Å². The van der Waals surface area contributed by atoms with Gasteiger partial charge < -0.3 is 23.4 Å². The zero-order chi connectivity index (χ0) is 16.6. The van der Waals surface area contributed by atoms with Crippen molar-refractivity contribution in [1.82, 2.24) is 10.2 Å². The lowest BCUT2D eigenvalue weighted by molar-refractivity contribution is 0.173. The molecule has 0 saturated heterocycles. The van der Waals surface area contributed by atoms with Crippen LogP contribution in [0.1, 0.15) is 5.56 Å². The molecule has 2 aliphatic rings. The summed E-state index contributed by atoms with van der Waals surface area (Å²) in [5.74, 6) is 4.10. The third-order valence-corrected chi connectivity index (χ3v) is 4.71. The van der Waals surface area contributed by atoms with Gasteiger partial charge in [-0.15, -0.1) is 10.2 Å². The minimum absolute atomic E-state index is 0.235. The first-order valence-corrected chi connectivity index (χ1v) is 8.58. The summed E-state index contributed by atoms with van der Waals surface area (Å²) in [6.07, 6.45) is 0. The number of nitrogens with zero attached hydrogens (tertiary/aromatic N) is 2. The molecule has 0 amide bonds. The van der Waals surface area contributed by atoms with Crippen LogP contribution in [0, 0.1) is 0 Å². The van der Waals surface area contributed by atoms with Crippen molar-refractivity contribution in [3.63, 3.8) is 0 Å². The van der Waals surface area contributed by atoms with Crippen LogP contribution in [0.15, 0.2) is 46.0 Å². The van der Waals surface area contributed by atoms with E-state index >= 15 is 0 Å². The summed E-state index contributed by atoms with van der Waals surface area (Å²) in [6, 6.07) is 11.4. The number of hydrogen-bond donors (Lipinski definition) is 0. The number of thioether (sulfide) groups is 1. The molecule has 2 aliphatic heterocycles.